The molecule has 114 valence electrons. The van der Waals surface area contributed by atoms with Crippen LogP contribution in [0.1, 0.15) is 24.2 Å². The average Bonchev–Trinajstić information content (AvgIpc) is 2.63. The van der Waals surface area contributed by atoms with Gasteiger partial charge in [-0.1, -0.05) is 12.1 Å². The summed E-state index contributed by atoms with van der Waals surface area (Å²) in [5.41, 5.74) is 0.977. The fourth-order valence-electron chi connectivity index (χ4n) is 2.53. The molecule has 1 aliphatic rings. The minimum absolute atomic E-state index is 0.164. The van der Waals surface area contributed by atoms with Crippen LogP contribution in [0, 0.1) is 0 Å². The molecule has 0 saturated heterocycles. The molecule has 2 unspecified atom stereocenters. The summed E-state index contributed by atoms with van der Waals surface area (Å²) in [6, 6.07) is 6.84. The molecule has 6 nitrogen and oxygen atoms in total. The molecule has 2 atom stereocenters. The van der Waals surface area contributed by atoms with Crippen LogP contribution in [0.3, 0.4) is 0 Å². The Morgan fingerprint density at radius 2 is 1.67 bits per heavy atom. The minimum atomic E-state index is -0.590. The number of hydrogen-bond donors (Lipinski definition) is 2. The summed E-state index contributed by atoms with van der Waals surface area (Å²) < 4.78 is 0. The summed E-state index contributed by atoms with van der Waals surface area (Å²) in [5, 5.41) is 19.1. The van der Waals surface area contributed by atoms with E-state index in [9.17, 15) is 19.8 Å². The molecular formula is C15H20N2O4. The van der Waals surface area contributed by atoms with Gasteiger partial charge in [-0.15, -0.1) is 0 Å². The van der Waals surface area contributed by atoms with Crippen LogP contribution in [0.5, 0.6) is 0 Å². The molecule has 0 aliphatic carbocycles. The molecule has 21 heavy (non-hydrogen) atoms. The number of fused-ring (bicyclic) bond motifs is 1. The van der Waals surface area contributed by atoms with E-state index in [1.165, 1.54) is 4.90 Å². The second-order valence-electron chi connectivity index (χ2n) is 5.45. The van der Waals surface area contributed by atoms with Crippen LogP contribution >= 0.6 is 0 Å². The van der Waals surface area contributed by atoms with E-state index in [0.29, 0.717) is 24.3 Å². The van der Waals surface area contributed by atoms with Gasteiger partial charge >= 0.3 is 5.91 Å². The smallest absolute Gasteiger partial charge is 0.300 e. The van der Waals surface area contributed by atoms with Gasteiger partial charge in [-0.25, -0.2) is 0 Å². The van der Waals surface area contributed by atoms with Crippen molar-refractivity contribution in [2.45, 2.75) is 26.1 Å². The lowest BCUT2D eigenvalue weighted by molar-refractivity contribution is -0.114. The van der Waals surface area contributed by atoms with Crippen LogP contribution in [-0.4, -0.2) is 58.8 Å². The third-order valence-electron chi connectivity index (χ3n) is 3.27. The fraction of sp³-hybridized carbons (Fsp3) is 0.467. The highest BCUT2D eigenvalue weighted by molar-refractivity contribution is 6.52. The summed E-state index contributed by atoms with van der Waals surface area (Å²) in [6.45, 7) is 4.06. The molecule has 1 amide bonds. The maximum Gasteiger partial charge on any atom is 0.300 e. The molecule has 0 aromatic heterocycles. The van der Waals surface area contributed by atoms with Crippen molar-refractivity contribution in [1.82, 2.24) is 4.90 Å². The minimum Gasteiger partial charge on any atom is -0.392 e. The second kappa shape index (κ2) is 6.34. The highest BCUT2D eigenvalue weighted by Crippen LogP contribution is 2.28. The molecule has 0 spiro atoms. The van der Waals surface area contributed by atoms with E-state index in [2.05, 4.69) is 0 Å². The Labute approximate surface area is 123 Å². The quantitative estimate of drug-likeness (QED) is 0.734. The van der Waals surface area contributed by atoms with E-state index >= 15 is 0 Å². The van der Waals surface area contributed by atoms with Gasteiger partial charge in [0.05, 0.1) is 30.1 Å². The molecule has 0 fully saturated rings. The van der Waals surface area contributed by atoms with E-state index in [-0.39, 0.29) is 6.67 Å². The zero-order valence-electron chi connectivity index (χ0n) is 12.2. The number of aliphatic hydroxyl groups excluding tert-OH is 2. The standard InChI is InChI=1S/C15H20N2O4/c1-10(18)7-16(8-11(2)19)9-17-13-6-4-3-5-12(13)14(20)15(17)21/h3-6,10-11,18-19H,7-9H2,1-2H3. The van der Waals surface area contributed by atoms with E-state index < -0.39 is 23.9 Å². The van der Waals surface area contributed by atoms with Crippen molar-refractivity contribution >= 4 is 17.4 Å². The number of ketones is 1. The van der Waals surface area contributed by atoms with Crippen LogP contribution in [0.2, 0.25) is 0 Å². The van der Waals surface area contributed by atoms with Crippen molar-refractivity contribution in [3.8, 4) is 0 Å². The molecule has 0 radical (unpaired) electrons. The zero-order valence-corrected chi connectivity index (χ0v) is 12.2. The molecule has 0 bridgehead atoms. The van der Waals surface area contributed by atoms with Gasteiger partial charge in [0, 0.05) is 13.1 Å². The number of aliphatic hydroxyl groups is 2. The molecule has 6 heteroatoms. The van der Waals surface area contributed by atoms with E-state index in [0.717, 1.165) is 0 Å². The monoisotopic (exact) mass is 292 g/mol. The summed E-state index contributed by atoms with van der Waals surface area (Å²) in [5.74, 6) is -1.09. The highest BCUT2D eigenvalue weighted by atomic mass is 16.3. The van der Waals surface area contributed by atoms with Crippen molar-refractivity contribution in [3.63, 3.8) is 0 Å². The van der Waals surface area contributed by atoms with Crippen molar-refractivity contribution in [2.75, 3.05) is 24.7 Å². The topological polar surface area (TPSA) is 81.1 Å². The number of carbonyl (C=O) groups excluding carboxylic acids is 2. The highest BCUT2D eigenvalue weighted by Gasteiger charge is 2.36. The lowest BCUT2D eigenvalue weighted by atomic mass is 10.1. The number of nitrogens with zero attached hydrogens (tertiary/aromatic N) is 2. The predicted molar refractivity (Wildman–Crippen MR) is 78.1 cm³/mol. The van der Waals surface area contributed by atoms with E-state index in [1.807, 2.05) is 0 Å². The Kier molecular flexibility index (Phi) is 4.72. The van der Waals surface area contributed by atoms with Gasteiger partial charge in [-0.05, 0) is 26.0 Å². The largest absolute Gasteiger partial charge is 0.392 e. The van der Waals surface area contributed by atoms with Gasteiger partial charge in [0.2, 0.25) is 0 Å². The lowest BCUT2D eigenvalue weighted by Gasteiger charge is -2.29. The number of hydrogen-bond acceptors (Lipinski definition) is 5. The van der Waals surface area contributed by atoms with Gasteiger partial charge in [0.1, 0.15) is 0 Å². The van der Waals surface area contributed by atoms with E-state index in [1.54, 1.807) is 43.0 Å². The van der Waals surface area contributed by atoms with Crippen LogP contribution in [0.4, 0.5) is 5.69 Å². The van der Waals surface area contributed by atoms with Crippen molar-refractivity contribution in [2.24, 2.45) is 0 Å². The average molecular weight is 292 g/mol. The first kappa shape index (κ1) is 15.6. The molecule has 1 aromatic rings. The Bertz CT molecular complexity index is 532. The van der Waals surface area contributed by atoms with Crippen LogP contribution in [0.15, 0.2) is 24.3 Å². The number of benzene rings is 1. The van der Waals surface area contributed by atoms with Gasteiger partial charge in [0.15, 0.2) is 0 Å². The number of anilines is 1. The second-order valence-corrected chi connectivity index (χ2v) is 5.45. The molecule has 1 heterocycles. The van der Waals surface area contributed by atoms with E-state index in [4.69, 9.17) is 0 Å². The summed E-state index contributed by atoms with van der Waals surface area (Å²) in [4.78, 5) is 27.2. The number of rotatable bonds is 6. The SMILES string of the molecule is CC(O)CN(CC(C)O)CN1C(=O)C(=O)c2ccccc21. The van der Waals surface area contributed by atoms with Crippen molar-refractivity contribution in [1.29, 1.82) is 0 Å². The predicted octanol–water partition coefficient (Wildman–Crippen LogP) is 0.237. The van der Waals surface area contributed by atoms with Crippen molar-refractivity contribution in [3.05, 3.63) is 29.8 Å². The van der Waals surface area contributed by atoms with Crippen LogP contribution in [0.25, 0.3) is 0 Å². The summed E-state index contributed by atoms with van der Waals surface area (Å²) in [6.07, 6.45) is -1.18. The third-order valence-corrected chi connectivity index (χ3v) is 3.27. The number of amides is 1. The summed E-state index contributed by atoms with van der Waals surface area (Å²) in [7, 11) is 0. The Morgan fingerprint density at radius 3 is 2.24 bits per heavy atom. The normalized spacial score (nSPS) is 17.3. The molecule has 2 N–H and O–H groups in total. The van der Waals surface area contributed by atoms with Crippen molar-refractivity contribution < 1.29 is 19.8 Å². The van der Waals surface area contributed by atoms with Crippen LogP contribution in [-0.2, 0) is 4.79 Å². The molecular weight excluding hydrogens is 272 g/mol. The Balaban J connectivity index is 2.20. The van der Waals surface area contributed by atoms with Gasteiger partial charge < -0.3 is 10.2 Å². The zero-order chi connectivity index (χ0) is 15.6. The van der Waals surface area contributed by atoms with Gasteiger partial charge in [-0.3, -0.25) is 19.4 Å². The number of Topliss-reactive ketones (excluding diaryl/α,β-unsaturated/α-hetero) is 1. The molecule has 1 aliphatic heterocycles. The number of para-hydroxylation sites is 1. The molecule has 0 saturated carbocycles. The first-order valence-corrected chi connectivity index (χ1v) is 6.94. The first-order chi connectivity index (χ1) is 9.90. The first-order valence-electron chi connectivity index (χ1n) is 6.94. The Morgan fingerprint density at radius 1 is 1.10 bits per heavy atom. The molecule has 2 rings (SSSR count). The van der Waals surface area contributed by atoms with Gasteiger partial charge in [0.25, 0.3) is 5.78 Å². The third kappa shape index (κ3) is 3.47. The lowest BCUT2D eigenvalue weighted by Crippen LogP contribution is -2.45. The number of carbonyl (C=O) groups is 2. The maximum absolute atomic E-state index is 12.1. The molecule has 1 aromatic carbocycles. The van der Waals surface area contributed by atoms with Gasteiger partial charge in [-0.2, -0.15) is 0 Å². The van der Waals surface area contributed by atoms with Crippen LogP contribution < -0.4 is 4.90 Å². The Hall–Kier alpha value is -1.76. The maximum atomic E-state index is 12.1. The summed E-state index contributed by atoms with van der Waals surface area (Å²) >= 11 is 0. The fourth-order valence-corrected chi connectivity index (χ4v) is 2.53.